The number of benzene rings is 2. The lowest BCUT2D eigenvalue weighted by Crippen LogP contribution is -2.20. The number of hydrogen-bond donors (Lipinski definition) is 1. The highest BCUT2D eigenvalue weighted by Gasteiger charge is 2.24. The molecule has 100 valence electrons. The lowest BCUT2D eigenvalue weighted by molar-refractivity contribution is -0.115. The van der Waals surface area contributed by atoms with E-state index in [1.807, 2.05) is 35.7 Å². The number of amides is 1. The van der Waals surface area contributed by atoms with Gasteiger partial charge in [-0.25, -0.2) is 0 Å². The Morgan fingerprint density at radius 3 is 2.65 bits per heavy atom. The summed E-state index contributed by atoms with van der Waals surface area (Å²) < 4.78 is 0. The van der Waals surface area contributed by atoms with Crippen LogP contribution in [0.5, 0.6) is 0 Å². The van der Waals surface area contributed by atoms with Gasteiger partial charge in [-0.05, 0) is 46.9 Å². The quantitative estimate of drug-likeness (QED) is 0.868. The minimum absolute atomic E-state index is 0.0193. The standard InChI is InChI=1S/C16H12ClNOS/c17-12-5-7-13(8-6-12)18-16(19)15-14-4-2-1-3-11(14)9-10-20-15/h1-10,15H,(H,18,19). The molecular formula is C16H12ClNOS. The largest absolute Gasteiger partial charge is 0.325 e. The Hall–Kier alpha value is -1.71. The van der Waals surface area contributed by atoms with Crippen LogP contribution in [-0.4, -0.2) is 5.91 Å². The van der Waals surface area contributed by atoms with Gasteiger partial charge in [0.15, 0.2) is 0 Å². The van der Waals surface area contributed by atoms with Crippen molar-refractivity contribution in [3.05, 3.63) is 70.1 Å². The Morgan fingerprint density at radius 1 is 1.10 bits per heavy atom. The molecule has 0 radical (unpaired) electrons. The fourth-order valence-corrected chi connectivity index (χ4v) is 3.16. The Balaban J connectivity index is 1.81. The normalized spacial score (nSPS) is 16.6. The van der Waals surface area contributed by atoms with Crippen LogP contribution in [-0.2, 0) is 4.79 Å². The lowest BCUT2D eigenvalue weighted by Gasteiger charge is -2.20. The van der Waals surface area contributed by atoms with Crippen molar-refractivity contribution in [2.24, 2.45) is 0 Å². The maximum Gasteiger partial charge on any atom is 0.242 e. The number of carbonyl (C=O) groups excluding carboxylic acids is 1. The number of thioether (sulfide) groups is 1. The van der Waals surface area contributed by atoms with E-state index in [1.54, 1.807) is 24.3 Å². The van der Waals surface area contributed by atoms with Crippen LogP contribution < -0.4 is 5.32 Å². The molecule has 0 aromatic heterocycles. The highest BCUT2D eigenvalue weighted by Crippen LogP contribution is 2.38. The van der Waals surface area contributed by atoms with E-state index >= 15 is 0 Å². The third-order valence-electron chi connectivity index (χ3n) is 3.09. The average molecular weight is 302 g/mol. The van der Waals surface area contributed by atoms with Crippen LogP contribution in [0.1, 0.15) is 16.4 Å². The van der Waals surface area contributed by atoms with Gasteiger partial charge in [0.2, 0.25) is 5.91 Å². The van der Waals surface area contributed by atoms with Gasteiger partial charge in [0.1, 0.15) is 5.25 Å². The van der Waals surface area contributed by atoms with Crippen molar-refractivity contribution in [2.75, 3.05) is 5.32 Å². The van der Waals surface area contributed by atoms with Gasteiger partial charge in [-0.15, -0.1) is 11.8 Å². The highest BCUT2D eigenvalue weighted by atomic mass is 35.5. The first kappa shape index (κ1) is 13.3. The minimum atomic E-state index is -0.216. The molecule has 0 spiro atoms. The van der Waals surface area contributed by atoms with Crippen molar-refractivity contribution in [1.29, 1.82) is 0 Å². The van der Waals surface area contributed by atoms with Crippen LogP contribution in [0.4, 0.5) is 5.69 Å². The topological polar surface area (TPSA) is 29.1 Å². The molecule has 1 unspecified atom stereocenters. The summed E-state index contributed by atoms with van der Waals surface area (Å²) in [5.74, 6) is -0.0193. The number of anilines is 1. The smallest absolute Gasteiger partial charge is 0.242 e. The van der Waals surface area contributed by atoms with E-state index in [1.165, 1.54) is 11.8 Å². The van der Waals surface area contributed by atoms with E-state index in [-0.39, 0.29) is 11.2 Å². The molecule has 1 heterocycles. The Labute approximate surface area is 126 Å². The zero-order valence-electron chi connectivity index (χ0n) is 10.5. The zero-order valence-corrected chi connectivity index (χ0v) is 12.1. The third kappa shape index (κ3) is 2.74. The first-order valence-electron chi connectivity index (χ1n) is 6.21. The van der Waals surface area contributed by atoms with E-state index in [9.17, 15) is 4.79 Å². The van der Waals surface area contributed by atoms with Gasteiger partial charge in [-0.2, -0.15) is 0 Å². The summed E-state index contributed by atoms with van der Waals surface area (Å²) in [6, 6.07) is 15.1. The summed E-state index contributed by atoms with van der Waals surface area (Å²) in [4.78, 5) is 12.4. The SMILES string of the molecule is O=C(Nc1ccc(Cl)cc1)C1SC=Cc2ccccc21. The van der Waals surface area contributed by atoms with E-state index in [2.05, 4.69) is 5.32 Å². The fraction of sp³-hybridized carbons (Fsp3) is 0.0625. The van der Waals surface area contributed by atoms with Crippen LogP contribution in [0, 0.1) is 0 Å². The molecular weight excluding hydrogens is 290 g/mol. The molecule has 1 N–H and O–H groups in total. The third-order valence-corrected chi connectivity index (χ3v) is 4.38. The van der Waals surface area contributed by atoms with Gasteiger partial charge in [0.25, 0.3) is 0 Å². The summed E-state index contributed by atoms with van der Waals surface area (Å²) in [6.45, 7) is 0. The Morgan fingerprint density at radius 2 is 1.85 bits per heavy atom. The van der Waals surface area contributed by atoms with Crippen molar-refractivity contribution in [1.82, 2.24) is 0 Å². The number of rotatable bonds is 2. The molecule has 0 bridgehead atoms. The molecule has 2 nitrogen and oxygen atoms in total. The number of halogens is 1. The monoisotopic (exact) mass is 301 g/mol. The van der Waals surface area contributed by atoms with Gasteiger partial charge in [-0.3, -0.25) is 4.79 Å². The number of fused-ring (bicyclic) bond motifs is 1. The van der Waals surface area contributed by atoms with E-state index in [0.717, 1.165) is 16.8 Å². The van der Waals surface area contributed by atoms with Crippen molar-refractivity contribution in [3.63, 3.8) is 0 Å². The van der Waals surface area contributed by atoms with Gasteiger partial charge >= 0.3 is 0 Å². The molecule has 3 rings (SSSR count). The molecule has 1 aliphatic heterocycles. The molecule has 2 aromatic carbocycles. The van der Waals surface area contributed by atoms with Gasteiger partial charge < -0.3 is 5.32 Å². The highest BCUT2D eigenvalue weighted by molar-refractivity contribution is 8.03. The van der Waals surface area contributed by atoms with Crippen LogP contribution in [0.3, 0.4) is 0 Å². The maximum atomic E-state index is 12.4. The summed E-state index contributed by atoms with van der Waals surface area (Å²) >= 11 is 7.36. The van der Waals surface area contributed by atoms with Crippen molar-refractivity contribution in [3.8, 4) is 0 Å². The molecule has 1 amide bonds. The first-order chi connectivity index (χ1) is 9.74. The Kier molecular flexibility index (Phi) is 3.81. The Bertz CT molecular complexity index is 666. The number of nitrogens with one attached hydrogen (secondary N) is 1. The summed E-state index contributed by atoms with van der Waals surface area (Å²) in [5.41, 5.74) is 2.90. The van der Waals surface area contributed by atoms with E-state index in [4.69, 9.17) is 11.6 Å². The zero-order chi connectivity index (χ0) is 13.9. The summed E-state index contributed by atoms with van der Waals surface area (Å²) in [6.07, 6.45) is 2.03. The van der Waals surface area contributed by atoms with Crippen LogP contribution in [0.2, 0.25) is 5.02 Å². The second-order valence-electron chi connectivity index (χ2n) is 4.44. The molecule has 0 saturated carbocycles. The van der Waals surface area contributed by atoms with Crippen LogP contribution in [0.15, 0.2) is 53.9 Å². The molecule has 1 aliphatic rings. The van der Waals surface area contributed by atoms with E-state index in [0.29, 0.717) is 5.02 Å². The van der Waals surface area contributed by atoms with Crippen molar-refractivity contribution < 1.29 is 4.79 Å². The maximum absolute atomic E-state index is 12.4. The molecule has 0 saturated heterocycles. The molecule has 0 aliphatic carbocycles. The lowest BCUT2D eigenvalue weighted by atomic mass is 10.0. The van der Waals surface area contributed by atoms with Gasteiger partial charge in [0.05, 0.1) is 0 Å². The molecule has 20 heavy (non-hydrogen) atoms. The molecule has 1 atom stereocenters. The van der Waals surface area contributed by atoms with Gasteiger partial charge in [0, 0.05) is 10.7 Å². The minimum Gasteiger partial charge on any atom is -0.325 e. The number of carbonyl (C=O) groups is 1. The molecule has 2 aromatic rings. The van der Waals surface area contributed by atoms with E-state index < -0.39 is 0 Å². The second-order valence-corrected chi connectivity index (χ2v) is 5.90. The molecule has 4 heteroatoms. The predicted molar refractivity (Wildman–Crippen MR) is 85.9 cm³/mol. The summed E-state index contributed by atoms with van der Waals surface area (Å²) in [7, 11) is 0. The van der Waals surface area contributed by atoms with Crippen molar-refractivity contribution in [2.45, 2.75) is 5.25 Å². The number of hydrogen-bond acceptors (Lipinski definition) is 2. The van der Waals surface area contributed by atoms with Gasteiger partial charge in [-0.1, -0.05) is 35.9 Å². The second kappa shape index (κ2) is 5.73. The fourth-order valence-electron chi connectivity index (χ4n) is 2.11. The summed E-state index contributed by atoms with van der Waals surface area (Å²) in [5, 5.41) is 5.33. The average Bonchev–Trinajstić information content (AvgIpc) is 2.49. The predicted octanol–water partition coefficient (Wildman–Crippen LogP) is 4.74. The van der Waals surface area contributed by atoms with Crippen LogP contribution >= 0.6 is 23.4 Å². The molecule has 0 fully saturated rings. The first-order valence-corrected chi connectivity index (χ1v) is 7.53. The van der Waals surface area contributed by atoms with Crippen LogP contribution in [0.25, 0.3) is 6.08 Å². The van der Waals surface area contributed by atoms with Crippen molar-refractivity contribution >= 4 is 41.0 Å².